The summed E-state index contributed by atoms with van der Waals surface area (Å²) in [4.78, 5) is 0. The van der Waals surface area contributed by atoms with Crippen molar-refractivity contribution in [3.8, 4) is 5.75 Å². The average Bonchev–Trinajstić information content (AvgIpc) is 2.45. The van der Waals surface area contributed by atoms with Crippen LogP contribution in [0.2, 0.25) is 19.6 Å². The van der Waals surface area contributed by atoms with Crippen molar-refractivity contribution in [2.45, 2.75) is 65.5 Å². The van der Waals surface area contributed by atoms with Crippen LogP contribution in [0.5, 0.6) is 5.75 Å². The third-order valence-electron chi connectivity index (χ3n) is 4.17. The van der Waals surface area contributed by atoms with Crippen LogP contribution in [0.1, 0.15) is 33.3 Å². The molecule has 0 spiro atoms. The first kappa shape index (κ1) is 16.6. The van der Waals surface area contributed by atoms with Gasteiger partial charge >= 0.3 is 7.12 Å². The van der Waals surface area contributed by atoms with Crippen LogP contribution in [0, 0.1) is 6.92 Å². The predicted molar refractivity (Wildman–Crippen MR) is 90.9 cm³/mol. The molecule has 0 amide bonds. The summed E-state index contributed by atoms with van der Waals surface area (Å²) in [6.45, 7) is 16.9. The van der Waals surface area contributed by atoms with Crippen molar-refractivity contribution in [1.29, 1.82) is 0 Å². The molecule has 5 heteroatoms. The van der Waals surface area contributed by atoms with Crippen molar-refractivity contribution in [2.24, 2.45) is 0 Å². The summed E-state index contributed by atoms with van der Waals surface area (Å²) in [6, 6.07) is 6.16. The lowest BCUT2D eigenvalue weighted by atomic mass is 9.76. The Kier molecular flexibility index (Phi) is 4.06. The molecule has 116 valence electrons. The highest BCUT2D eigenvalue weighted by Crippen LogP contribution is 2.36. The maximum Gasteiger partial charge on any atom is 0.495 e. The van der Waals surface area contributed by atoms with Crippen LogP contribution < -0.4 is 9.89 Å². The average molecular weight is 306 g/mol. The van der Waals surface area contributed by atoms with Crippen LogP contribution in [0.4, 0.5) is 0 Å². The molecule has 0 saturated carbocycles. The van der Waals surface area contributed by atoms with E-state index in [0.717, 1.165) is 16.8 Å². The molecular weight excluding hydrogens is 279 g/mol. The monoisotopic (exact) mass is 306 g/mol. The Hall–Kier alpha value is -0.778. The van der Waals surface area contributed by atoms with Gasteiger partial charge in [-0.2, -0.15) is 0 Å². The Morgan fingerprint density at radius 2 is 1.52 bits per heavy atom. The zero-order valence-electron chi connectivity index (χ0n) is 14.5. The van der Waals surface area contributed by atoms with E-state index < -0.39 is 8.32 Å². The minimum Gasteiger partial charge on any atom is -0.544 e. The molecule has 21 heavy (non-hydrogen) atoms. The van der Waals surface area contributed by atoms with Gasteiger partial charge in [0.05, 0.1) is 11.2 Å². The molecule has 1 aromatic rings. The second-order valence-electron chi connectivity index (χ2n) is 7.82. The van der Waals surface area contributed by atoms with E-state index in [4.69, 9.17) is 13.7 Å². The van der Waals surface area contributed by atoms with Crippen molar-refractivity contribution < 1.29 is 13.7 Å². The topological polar surface area (TPSA) is 27.7 Å². The zero-order valence-corrected chi connectivity index (χ0v) is 15.5. The second-order valence-corrected chi connectivity index (χ2v) is 12.2. The fourth-order valence-corrected chi connectivity index (χ4v) is 3.13. The molecule has 1 aromatic carbocycles. The van der Waals surface area contributed by atoms with Gasteiger partial charge in [-0.25, -0.2) is 0 Å². The van der Waals surface area contributed by atoms with Crippen molar-refractivity contribution in [2.75, 3.05) is 0 Å². The van der Waals surface area contributed by atoms with Gasteiger partial charge in [0.1, 0.15) is 5.75 Å². The van der Waals surface area contributed by atoms with Crippen LogP contribution in [-0.4, -0.2) is 26.6 Å². The Bertz CT molecular complexity index is 519. The maximum absolute atomic E-state index is 6.12. The number of hydrogen-bond acceptors (Lipinski definition) is 3. The van der Waals surface area contributed by atoms with Crippen LogP contribution in [0.3, 0.4) is 0 Å². The van der Waals surface area contributed by atoms with Gasteiger partial charge in [0.2, 0.25) is 8.32 Å². The summed E-state index contributed by atoms with van der Waals surface area (Å²) < 4.78 is 18.3. The van der Waals surface area contributed by atoms with Gasteiger partial charge in [0.25, 0.3) is 0 Å². The highest BCUT2D eigenvalue weighted by atomic mass is 28.4. The summed E-state index contributed by atoms with van der Waals surface area (Å²) >= 11 is 0. The highest BCUT2D eigenvalue weighted by molar-refractivity contribution is 6.70. The van der Waals surface area contributed by atoms with E-state index >= 15 is 0 Å². The molecular formula is C16H27BO3Si. The van der Waals surface area contributed by atoms with Gasteiger partial charge in [0, 0.05) is 0 Å². The third kappa shape index (κ3) is 3.52. The van der Waals surface area contributed by atoms with Crippen LogP contribution in [0.25, 0.3) is 0 Å². The van der Waals surface area contributed by atoms with E-state index in [1.807, 2.05) is 6.07 Å². The second kappa shape index (κ2) is 5.14. The Balaban J connectivity index is 2.23. The minimum atomic E-state index is -1.58. The molecule has 0 radical (unpaired) electrons. The van der Waals surface area contributed by atoms with E-state index in [1.54, 1.807) is 0 Å². The van der Waals surface area contributed by atoms with Gasteiger partial charge in [-0.3, -0.25) is 0 Å². The molecule has 0 aliphatic carbocycles. The third-order valence-corrected chi connectivity index (χ3v) is 5.02. The van der Waals surface area contributed by atoms with Gasteiger partial charge in [-0.15, -0.1) is 0 Å². The van der Waals surface area contributed by atoms with E-state index in [9.17, 15) is 0 Å². The minimum absolute atomic E-state index is 0.308. The van der Waals surface area contributed by atoms with Crippen molar-refractivity contribution in [3.63, 3.8) is 0 Å². The highest BCUT2D eigenvalue weighted by Gasteiger charge is 2.52. The largest absolute Gasteiger partial charge is 0.544 e. The summed E-state index contributed by atoms with van der Waals surface area (Å²) in [5.74, 6) is 0.937. The Morgan fingerprint density at radius 3 is 1.95 bits per heavy atom. The standard InChI is InChI=1S/C16H27BO3Si/c1-12-11-13(18-21(6,7)8)9-10-14(12)17-19-15(2,3)16(4,5)20-17/h9-11H,1-8H3. The molecule has 1 saturated heterocycles. The summed E-state index contributed by atoms with van der Waals surface area (Å²) in [5, 5.41) is 0. The molecule has 1 heterocycles. The molecule has 0 N–H and O–H groups in total. The zero-order chi connectivity index (χ0) is 16.1. The number of rotatable bonds is 3. The van der Waals surface area contributed by atoms with Gasteiger partial charge in [0.15, 0.2) is 0 Å². The predicted octanol–water partition coefficient (Wildman–Crippen LogP) is 3.51. The van der Waals surface area contributed by atoms with Crippen LogP contribution >= 0.6 is 0 Å². The lowest BCUT2D eigenvalue weighted by Gasteiger charge is -2.32. The maximum atomic E-state index is 6.12. The molecule has 1 fully saturated rings. The van der Waals surface area contributed by atoms with Crippen molar-refractivity contribution in [1.82, 2.24) is 0 Å². The molecule has 0 aromatic heterocycles. The first-order valence-corrected chi connectivity index (χ1v) is 11.0. The molecule has 1 aliphatic heterocycles. The number of benzene rings is 1. The van der Waals surface area contributed by atoms with E-state index in [0.29, 0.717) is 0 Å². The number of hydrogen-bond donors (Lipinski definition) is 0. The molecule has 0 atom stereocenters. The number of aryl methyl sites for hydroxylation is 1. The summed E-state index contributed by atoms with van der Waals surface area (Å²) in [6.07, 6.45) is 0. The molecule has 0 bridgehead atoms. The molecule has 3 nitrogen and oxygen atoms in total. The summed E-state index contributed by atoms with van der Waals surface area (Å²) in [5.41, 5.74) is 1.61. The SMILES string of the molecule is Cc1cc(O[Si](C)(C)C)ccc1B1OC(C)(C)C(C)(C)O1. The van der Waals surface area contributed by atoms with Crippen LogP contribution in [0.15, 0.2) is 18.2 Å². The first-order chi connectivity index (χ1) is 9.41. The lowest BCUT2D eigenvalue weighted by Crippen LogP contribution is -2.41. The molecule has 0 unspecified atom stereocenters. The smallest absolute Gasteiger partial charge is 0.495 e. The quantitative estimate of drug-likeness (QED) is 0.800. The van der Waals surface area contributed by atoms with Crippen molar-refractivity contribution in [3.05, 3.63) is 23.8 Å². The van der Waals surface area contributed by atoms with E-state index in [2.05, 4.69) is 66.4 Å². The molecule has 2 rings (SSSR count). The fourth-order valence-electron chi connectivity index (χ4n) is 2.30. The van der Waals surface area contributed by atoms with Crippen LogP contribution in [-0.2, 0) is 9.31 Å². The lowest BCUT2D eigenvalue weighted by molar-refractivity contribution is 0.00578. The Morgan fingerprint density at radius 1 is 1.00 bits per heavy atom. The van der Waals surface area contributed by atoms with Crippen molar-refractivity contribution >= 4 is 20.9 Å². The van der Waals surface area contributed by atoms with Gasteiger partial charge in [-0.1, -0.05) is 6.07 Å². The van der Waals surface area contributed by atoms with E-state index in [1.165, 1.54) is 0 Å². The Labute approximate surface area is 130 Å². The first-order valence-electron chi connectivity index (χ1n) is 7.56. The summed E-state index contributed by atoms with van der Waals surface area (Å²) in [7, 11) is -1.89. The normalized spacial score (nSPS) is 20.7. The molecule has 1 aliphatic rings. The van der Waals surface area contributed by atoms with Gasteiger partial charge in [-0.05, 0) is 77.4 Å². The fraction of sp³-hybridized carbons (Fsp3) is 0.625. The van der Waals surface area contributed by atoms with E-state index in [-0.39, 0.29) is 18.3 Å². The van der Waals surface area contributed by atoms with Gasteiger partial charge < -0.3 is 13.7 Å².